The second kappa shape index (κ2) is 8.37. The highest BCUT2D eigenvalue weighted by Gasteiger charge is 2.34. The van der Waals surface area contributed by atoms with Crippen molar-refractivity contribution in [3.63, 3.8) is 0 Å². The zero-order valence-electron chi connectivity index (χ0n) is 15.8. The molecule has 27 heavy (non-hydrogen) atoms. The zero-order valence-corrected chi connectivity index (χ0v) is 16.6. The molecule has 1 N–H and O–H groups in total. The van der Waals surface area contributed by atoms with Crippen molar-refractivity contribution in [1.29, 1.82) is 0 Å². The summed E-state index contributed by atoms with van der Waals surface area (Å²) in [4.78, 5) is 9.22. The molecule has 0 spiro atoms. The van der Waals surface area contributed by atoms with Crippen LogP contribution in [0.4, 0.5) is 5.69 Å². The predicted octanol–water partition coefficient (Wildman–Crippen LogP) is 3.00. The summed E-state index contributed by atoms with van der Waals surface area (Å²) in [5.41, 5.74) is 2.24. The Morgan fingerprint density at radius 3 is 2.41 bits per heavy atom. The SMILES string of the molecule is CN1C2CCC1CN(c1cccnc1)CC2.Cc1ccc(S(=O)(=O)O)cc1. The van der Waals surface area contributed by atoms with Crippen LogP contribution in [0.1, 0.15) is 24.8 Å². The maximum Gasteiger partial charge on any atom is 0.294 e. The van der Waals surface area contributed by atoms with Gasteiger partial charge in [-0.3, -0.25) is 14.4 Å². The number of anilines is 1. The summed E-state index contributed by atoms with van der Waals surface area (Å²) in [5, 5.41) is 0. The Labute approximate surface area is 161 Å². The van der Waals surface area contributed by atoms with Gasteiger partial charge >= 0.3 is 0 Å². The largest absolute Gasteiger partial charge is 0.369 e. The van der Waals surface area contributed by atoms with Gasteiger partial charge in [-0.2, -0.15) is 8.42 Å². The second-order valence-corrected chi connectivity index (χ2v) is 8.71. The van der Waals surface area contributed by atoms with Crippen LogP contribution < -0.4 is 4.90 Å². The van der Waals surface area contributed by atoms with Gasteiger partial charge < -0.3 is 4.90 Å². The number of aryl methyl sites for hydroxylation is 1. The van der Waals surface area contributed by atoms with Gasteiger partial charge in [0.25, 0.3) is 10.1 Å². The molecule has 1 aromatic carbocycles. The first-order chi connectivity index (χ1) is 12.8. The number of benzene rings is 1. The molecule has 0 saturated carbocycles. The van der Waals surface area contributed by atoms with E-state index < -0.39 is 10.1 Å². The number of likely N-dealkylation sites (N-methyl/N-ethyl adjacent to an activating group) is 1. The second-order valence-electron chi connectivity index (χ2n) is 7.28. The van der Waals surface area contributed by atoms with Gasteiger partial charge in [0.05, 0.1) is 16.8 Å². The van der Waals surface area contributed by atoms with E-state index in [1.165, 1.54) is 50.2 Å². The average molecular weight is 390 g/mol. The van der Waals surface area contributed by atoms with E-state index in [-0.39, 0.29) is 4.90 Å². The molecule has 2 aliphatic heterocycles. The van der Waals surface area contributed by atoms with E-state index in [0.717, 1.165) is 17.6 Å². The molecule has 2 fully saturated rings. The highest BCUT2D eigenvalue weighted by molar-refractivity contribution is 7.85. The van der Waals surface area contributed by atoms with Gasteiger partial charge in [0.15, 0.2) is 0 Å². The Hall–Kier alpha value is -1.96. The summed E-state index contributed by atoms with van der Waals surface area (Å²) in [6.07, 6.45) is 7.88. The summed E-state index contributed by atoms with van der Waals surface area (Å²) >= 11 is 0. The van der Waals surface area contributed by atoms with E-state index in [1.807, 2.05) is 25.4 Å². The average Bonchev–Trinajstić information content (AvgIpc) is 2.88. The Bertz CT molecular complexity index is 841. The fourth-order valence-corrected chi connectivity index (χ4v) is 4.27. The topological polar surface area (TPSA) is 73.7 Å². The number of hydrogen-bond acceptors (Lipinski definition) is 5. The van der Waals surface area contributed by atoms with Crippen LogP contribution in [0.25, 0.3) is 0 Å². The molecule has 2 aliphatic rings. The molecule has 1 aromatic heterocycles. The zero-order chi connectivity index (χ0) is 19.4. The number of hydrogen-bond donors (Lipinski definition) is 1. The van der Waals surface area contributed by atoms with Gasteiger partial charge in [-0.05, 0) is 57.5 Å². The smallest absolute Gasteiger partial charge is 0.294 e. The van der Waals surface area contributed by atoms with Crippen LogP contribution in [0.2, 0.25) is 0 Å². The maximum atomic E-state index is 10.5. The molecule has 2 unspecified atom stereocenters. The first-order valence-electron chi connectivity index (χ1n) is 9.25. The van der Waals surface area contributed by atoms with E-state index in [4.69, 9.17) is 4.55 Å². The lowest BCUT2D eigenvalue weighted by molar-refractivity contribution is 0.254. The van der Waals surface area contributed by atoms with Crippen molar-refractivity contribution in [2.75, 3.05) is 25.0 Å². The molecular weight excluding hydrogens is 362 g/mol. The van der Waals surface area contributed by atoms with Crippen molar-refractivity contribution in [2.45, 2.75) is 43.2 Å². The lowest BCUT2D eigenvalue weighted by Crippen LogP contribution is -2.36. The molecule has 0 aliphatic carbocycles. The minimum atomic E-state index is -4.02. The summed E-state index contributed by atoms with van der Waals surface area (Å²) in [7, 11) is -1.73. The fraction of sp³-hybridized carbons (Fsp3) is 0.450. The molecule has 0 amide bonds. The van der Waals surface area contributed by atoms with Crippen LogP contribution in [0.5, 0.6) is 0 Å². The maximum absolute atomic E-state index is 10.5. The molecule has 2 aromatic rings. The normalized spacial score (nSPS) is 22.7. The highest BCUT2D eigenvalue weighted by atomic mass is 32.2. The molecule has 146 valence electrons. The predicted molar refractivity (Wildman–Crippen MR) is 107 cm³/mol. The van der Waals surface area contributed by atoms with E-state index in [0.29, 0.717) is 0 Å². The van der Waals surface area contributed by atoms with E-state index in [1.54, 1.807) is 12.1 Å². The quantitative estimate of drug-likeness (QED) is 0.796. The van der Waals surface area contributed by atoms with Gasteiger partial charge in [-0.15, -0.1) is 0 Å². The van der Waals surface area contributed by atoms with Gasteiger partial charge in [-0.25, -0.2) is 0 Å². The van der Waals surface area contributed by atoms with Crippen molar-refractivity contribution in [3.05, 3.63) is 54.4 Å². The van der Waals surface area contributed by atoms with Crippen LogP contribution >= 0.6 is 0 Å². The van der Waals surface area contributed by atoms with Gasteiger partial charge in [0.2, 0.25) is 0 Å². The van der Waals surface area contributed by atoms with Crippen molar-refractivity contribution in [2.24, 2.45) is 0 Å². The summed E-state index contributed by atoms with van der Waals surface area (Å²) < 4.78 is 29.6. The molecule has 2 saturated heterocycles. The molecule has 6 nitrogen and oxygen atoms in total. The molecule has 3 heterocycles. The molecule has 4 rings (SSSR count). The van der Waals surface area contributed by atoms with Gasteiger partial charge in [0, 0.05) is 31.4 Å². The minimum absolute atomic E-state index is 0.0666. The van der Waals surface area contributed by atoms with Crippen LogP contribution in [0.3, 0.4) is 0 Å². The van der Waals surface area contributed by atoms with Crippen LogP contribution in [-0.2, 0) is 10.1 Å². The van der Waals surface area contributed by atoms with Gasteiger partial charge in [0.1, 0.15) is 0 Å². The Morgan fingerprint density at radius 1 is 1.07 bits per heavy atom. The first-order valence-corrected chi connectivity index (χ1v) is 10.7. The third-order valence-electron chi connectivity index (χ3n) is 5.48. The summed E-state index contributed by atoms with van der Waals surface area (Å²) in [5.74, 6) is 0. The number of nitrogens with zero attached hydrogens (tertiary/aromatic N) is 3. The number of rotatable bonds is 2. The lowest BCUT2D eigenvalue weighted by Gasteiger charge is -2.27. The van der Waals surface area contributed by atoms with Crippen molar-refractivity contribution in [1.82, 2.24) is 9.88 Å². The summed E-state index contributed by atoms with van der Waals surface area (Å²) in [6, 6.07) is 11.7. The van der Waals surface area contributed by atoms with Crippen LogP contribution in [-0.4, -0.2) is 55.1 Å². The molecule has 7 heteroatoms. The monoisotopic (exact) mass is 389 g/mol. The van der Waals surface area contributed by atoms with Gasteiger partial charge in [-0.1, -0.05) is 17.7 Å². The van der Waals surface area contributed by atoms with Crippen LogP contribution in [0.15, 0.2) is 53.7 Å². The Balaban J connectivity index is 0.000000168. The van der Waals surface area contributed by atoms with E-state index in [2.05, 4.69) is 27.9 Å². The molecule has 2 atom stereocenters. The lowest BCUT2D eigenvalue weighted by atomic mass is 10.1. The number of aromatic nitrogens is 1. The van der Waals surface area contributed by atoms with Crippen molar-refractivity contribution in [3.8, 4) is 0 Å². The highest BCUT2D eigenvalue weighted by Crippen LogP contribution is 2.30. The minimum Gasteiger partial charge on any atom is -0.369 e. The number of pyridine rings is 1. The molecular formula is C20H27N3O3S. The first kappa shape index (κ1) is 19.8. The Morgan fingerprint density at radius 2 is 1.78 bits per heavy atom. The van der Waals surface area contributed by atoms with Crippen LogP contribution in [0, 0.1) is 6.92 Å². The fourth-order valence-electron chi connectivity index (χ4n) is 3.79. The van der Waals surface area contributed by atoms with E-state index in [9.17, 15) is 8.42 Å². The molecule has 0 radical (unpaired) electrons. The van der Waals surface area contributed by atoms with E-state index >= 15 is 0 Å². The van der Waals surface area contributed by atoms with Crippen molar-refractivity contribution < 1.29 is 13.0 Å². The third kappa shape index (κ3) is 5.06. The summed E-state index contributed by atoms with van der Waals surface area (Å²) in [6.45, 7) is 4.18. The molecule has 2 bridgehead atoms. The van der Waals surface area contributed by atoms with Crippen molar-refractivity contribution >= 4 is 15.8 Å². The number of fused-ring (bicyclic) bond motifs is 2. The standard InChI is InChI=1S/C13H19N3.C7H8O3S/c1-15-11-4-5-13(15)10-16(8-6-11)12-3-2-7-14-9-12;1-6-2-4-7(5-3-6)11(8,9)10/h2-3,7,9,11,13H,4-6,8,10H2,1H3;2-5H,1H3,(H,8,9,10). The Kier molecular flexibility index (Phi) is 6.14. The third-order valence-corrected chi connectivity index (χ3v) is 6.35.